The molecule has 1 fully saturated rings. The van der Waals surface area contributed by atoms with Crippen LogP contribution in [0, 0.1) is 0 Å². The van der Waals surface area contributed by atoms with Gasteiger partial charge in [-0.25, -0.2) is 0 Å². The molecule has 2 aromatic carbocycles. The minimum Gasteiger partial charge on any atom is -0.488 e. The Labute approximate surface area is 194 Å². The first-order chi connectivity index (χ1) is 15.2. The zero-order valence-corrected chi connectivity index (χ0v) is 21.2. The molecule has 0 bridgehead atoms. The summed E-state index contributed by atoms with van der Waals surface area (Å²) < 4.78 is 25.3. The number of benzene rings is 2. The van der Waals surface area contributed by atoms with Gasteiger partial charge in [0.15, 0.2) is 8.32 Å². The molecular formula is C27H38O4Si. The van der Waals surface area contributed by atoms with Crippen molar-refractivity contribution >= 4 is 8.32 Å². The summed E-state index contributed by atoms with van der Waals surface area (Å²) in [6, 6.07) is 20.4. The molecule has 0 amide bonds. The Morgan fingerprint density at radius 1 is 0.938 bits per heavy atom. The minimum atomic E-state index is -1.97. The molecule has 1 heterocycles. The largest absolute Gasteiger partial charge is 0.488 e. The van der Waals surface area contributed by atoms with E-state index in [0.717, 1.165) is 17.5 Å². The third-order valence-electron chi connectivity index (χ3n) is 6.47. The summed E-state index contributed by atoms with van der Waals surface area (Å²) in [6.45, 7) is 17.0. The van der Waals surface area contributed by atoms with E-state index in [1.807, 2.05) is 36.4 Å². The molecule has 4 nitrogen and oxygen atoms in total. The van der Waals surface area contributed by atoms with Crippen LogP contribution >= 0.6 is 0 Å². The molecule has 1 aliphatic heterocycles. The highest BCUT2D eigenvalue weighted by Crippen LogP contribution is 2.40. The molecule has 0 unspecified atom stereocenters. The molecule has 0 aromatic heterocycles. The second-order valence-electron chi connectivity index (χ2n) is 10.1. The van der Waals surface area contributed by atoms with Crippen molar-refractivity contribution in [3.63, 3.8) is 0 Å². The Hall–Kier alpha value is -1.92. The zero-order valence-electron chi connectivity index (χ0n) is 20.2. The van der Waals surface area contributed by atoms with Gasteiger partial charge in [-0.15, -0.1) is 0 Å². The van der Waals surface area contributed by atoms with Crippen LogP contribution in [0.5, 0.6) is 0 Å². The van der Waals surface area contributed by atoms with Crippen LogP contribution in [0.15, 0.2) is 73.0 Å². The van der Waals surface area contributed by atoms with Crippen LogP contribution in [0.2, 0.25) is 18.1 Å². The van der Waals surface area contributed by atoms with Crippen LogP contribution in [0.4, 0.5) is 0 Å². The van der Waals surface area contributed by atoms with Gasteiger partial charge in [0.1, 0.15) is 18.0 Å². The maximum Gasteiger partial charge on any atom is 0.193 e. The van der Waals surface area contributed by atoms with Gasteiger partial charge in [0.2, 0.25) is 0 Å². The van der Waals surface area contributed by atoms with E-state index in [-0.39, 0.29) is 23.4 Å². The number of hydrogen-bond acceptors (Lipinski definition) is 4. The van der Waals surface area contributed by atoms with Gasteiger partial charge in [0.05, 0.1) is 25.9 Å². The minimum absolute atomic E-state index is 0.114. The van der Waals surface area contributed by atoms with Crippen molar-refractivity contribution in [2.75, 3.05) is 6.61 Å². The monoisotopic (exact) mass is 454 g/mol. The summed E-state index contributed by atoms with van der Waals surface area (Å²) in [6.07, 6.45) is 0.208. The average molecular weight is 455 g/mol. The first kappa shape index (κ1) is 24.7. The first-order valence-electron chi connectivity index (χ1n) is 11.5. The van der Waals surface area contributed by atoms with Crippen molar-refractivity contribution in [2.24, 2.45) is 0 Å². The number of rotatable bonds is 9. The number of ether oxygens (including phenoxy) is 3. The predicted octanol–water partition coefficient (Wildman–Crippen LogP) is 6.48. The fraction of sp³-hybridized carbons (Fsp3) is 0.481. The van der Waals surface area contributed by atoms with Crippen LogP contribution in [0.1, 0.15) is 38.3 Å². The van der Waals surface area contributed by atoms with E-state index in [2.05, 4.69) is 64.7 Å². The van der Waals surface area contributed by atoms with Gasteiger partial charge in [-0.3, -0.25) is 0 Å². The topological polar surface area (TPSA) is 36.9 Å². The van der Waals surface area contributed by atoms with Crippen molar-refractivity contribution in [2.45, 2.75) is 76.8 Å². The van der Waals surface area contributed by atoms with Gasteiger partial charge in [-0.2, -0.15) is 0 Å². The van der Waals surface area contributed by atoms with E-state index >= 15 is 0 Å². The quantitative estimate of drug-likeness (QED) is 0.406. The van der Waals surface area contributed by atoms with Crippen molar-refractivity contribution in [1.29, 1.82) is 0 Å². The molecule has 0 radical (unpaired) electrons. The maximum atomic E-state index is 6.65. The number of hydrogen-bond donors (Lipinski definition) is 0. The SMILES string of the molecule is C=C1O[C@H](COCc2ccccc2)[C@@H](OCc2ccccc2)C[C@H]1O[Si](C)(C)C(C)(C)C. The van der Waals surface area contributed by atoms with E-state index in [0.29, 0.717) is 25.6 Å². The van der Waals surface area contributed by atoms with E-state index in [4.69, 9.17) is 18.6 Å². The fourth-order valence-corrected chi connectivity index (χ4v) is 4.74. The smallest absolute Gasteiger partial charge is 0.193 e. The highest BCUT2D eigenvalue weighted by Gasteiger charge is 2.43. The third kappa shape index (κ3) is 6.79. The van der Waals surface area contributed by atoms with Gasteiger partial charge < -0.3 is 18.6 Å². The van der Waals surface area contributed by atoms with Crippen LogP contribution in [-0.4, -0.2) is 33.2 Å². The Morgan fingerprint density at radius 2 is 1.50 bits per heavy atom. The van der Waals surface area contributed by atoms with Crippen LogP contribution in [0.3, 0.4) is 0 Å². The highest BCUT2D eigenvalue weighted by molar-refractivity contribution is 6.74. The summed E-state index contributed by atoms with van der Waals surface area (Å²) in [4.78, 5) is 0. The highest BCUT2D eigenvalue weighted by atomic mass is 28.4. The molecular weight excluding hydrogens is 416 g/mol. The maximum absolute atomic E-state index is 6.65. The lowest BCUT2D eigenvalue weighted by molar-refractivity contribution is -0.137. The summed E-state index contributed by atoms with van der Waals surface area (Å²) in [5.41, 5.74) is 2.28. The Bertz CT molecular complexity index is 845. The van der Waals surface area contributed by atoms with Gasteiger partial charge in [0, 0.05) is 6.42 Å². The first-order valence-corrected chi connectivity index (χ1v) is 14.4. The Balaban J connectivity index is 1.66. The van der Waals surface area contributed by atoms with E-state index in [9.17, 15) is 0 Å². The van der Waals surface area contributed by atoms with Crippen LogP contribution in [-0.2, 0) is 31.9 Å². The summed E-state index contributed by atoms with van der Waals surface area (Å²) in [5.74, 6) is 0.683. The lowest BCUT2D eigenvalue weighted by Crippen LogP contribution is -2.50. The molecule has 32 heavy (non-hydrogen) atoms. The molecule has 0 spiro atoms. The lowest BCUT2D eigenvalue weighted by atomic mass is 10.0. The summed E-state index contributed by atoms with van der Waals surface area (Å²) in [5, 5.41) is 0.114. The third-order valence-corrected chi connectivity index (χ3v) is 11.0. The van der Waals surface area contributed by atoms with E-state index in [1.165, 1.54) is 0 Å². The Kier molecular flexibility index (Phi) is 8.34. The molecule has 5 heteroatoms. The van der Waals surface area contributed by atoms with Crippen molar-refractivity contribution < 1.29 is 18.6 Å². The standard InChI is InChI=1S/C27H38O4Si/c1-21-24(31-32(5,6)27(2,3)4)17-25(29-19-23-15-11-8-12-16-23)26(30-21)20-28-18-22-13-9-7-10-14-22/h7-16,24-26H,1,17-20H2,2-6H3/t24-,25+,26-/m1/s1. The van der Waals surface area contributed by atoms with Gasteiger partial charge in [-0.1, -0.05) is 88.0 Å². The van der Waals surface area contributed by atoms with E-state index < -0.39 is 8.32 Å². The molecule has 3 rings (SSSR count). The van der Waals surface area contributed by atoms with Crippen LogP contribution < -0.4 is 0 Å². The molecule has 0 aliphatic carbocycles. The fourth-order valence-electron chi connectivity index (χ4n) is 3.45. The molecule has 1 aliphatic rings. The van der Waals surface area contributed by atoms with Gasteiger partial charge >= 0.3 is 0 Å². The lowest BCUT2D eigenvalue weighted by Gasteiger charge is -2.44. The molecule has 2 aromatic rings. The van der Waals surface area contributed by atoms with Gasteiger partial charge in [0.25, 0.3) is 0 Å². The Morgan fingerprint density at radius 3 is 2.06 bits per heavy atom. The second kappa shape index (κ2) is 10.8. The van der Waals surface area contributed by atoms with E-state index in [1.54, 1.807) is 0 Å². The van der Waals surface area contributed by atoms with Crippen molar-refractivity contribution in [3.8, 4) is 0 Å². The summed E-state index contributed by atoms with van der Waals surface area (Å²) in [7, 11) is -1.97. The molecule has 0 saturated carbocycles. The molecule has 1 saturated heterocycles. The predicted molar refractivity (Wildman–Crippen MR) is 132 cm³/mol. The zero-order chi connectivity index (χ0) is 23.2. The average Bonchev–Trinajstić information content (AvgIpc) is 2.75. The van der Waals surface area contributed by atoms with Gasteiger partial charge in [-0.05, 0) is 29.3 Å². The molecule has 3 atom stereocenters. The molecule has 174 valence electrons. The normalized spacial score (nSPS) is 21.9. The summed E-state index contributed by atoms with van der Waals surface area (Å²) >= 11 is 0. The second-order valence-corrected chi connectivity index (χ2v) is 14.8. The molecule has 0 N–H and O–H groups in total. The van der Waals surface area contributed by atoms with Crippen molar-refractivity contribution in [1.82, 2.24) is 0 Å². The van der Waals surface area contributed by atoms with Crippen molar-refractivity contribution in [3.05, 3.63) is 84.1 Å². The van der Waals surface area contributed by atoms with Crippen LogP contribution in [0.25, 0.3) is 0 Å².